The van der Waals surface area contributed by atoms with E-state index in [0.717, 1.165) is 12.8 Å². The van der Waals surface area contributed by atoms with E-state index in [9.17, 15) is 0 Å². The highest BCUT2D eigenvalue weighted by Gasteiger charge is 2.77. The number of unbranched alkanes of at least 4 members (excludes halogenated alkanes) is 3. The van der Waals surface area contributed by atoms with Crippen LogP contribution in [0.3, 0.4) is 0 Å². The van der Waals surface area contributed by atoms with Crippen LogP contribution in [0.15, 0.2) is 0 Å². The molecule has 0 heterocycles. The van der Waals surface area contributed by atoms with Crippen molar-refractivity contribution in [3.63, 3.8) is 0 Å². The first-order valence-electron chi connectivity index (χ1n) is 7.40. The molecule has 0 saturated heterocycles. The molecule has 0 aromatic heterocycles. The first-order chi connectivity index (χ1) is 12.1. The van der Waals surface area contributed by atoms with Gasteiger partial charge >= 0.3 is 0 Å². The zero-order chi connectivity index (χ0) is 23.0. The molecule has 170 valence electrons. The predicted octanol–water partition coefficient (Wildman–Crippen LogP) is 13.7. The summed E-state index contributed by atoms with van der Waals surface area (Å²) in [6.07, 6.45) is 5.51. The van der Waals surface area contributed by atoms with Gasteiger partial charge in [-0.1, -0.05) is 272 Å². The van der Waals surface area contributed by atoms with Crippen LogP contribution < -0.4 is 0 Å². The summed E-state index contributed by atoms with van der Waals surface area (Å²) >= 11 is 57.3. The van der Waals surface area contributed by atoms with Gasteiger partial charge in [0.2, 0.25) is 0 Å². The Bertz CT molecular complexity index is 499. The van der Waals surface area contributed by atoms with Crippen molar-refractivity contribution in [2.75, 3.05) is 0 Å². The summed E-state index contributed by atoms with van der Waals surface area (Å²) in [6, 6.07) is 0. The second-order valence-electron chi connectivity index (χ2n) is 5.89. The number of hydrogen-bond acceptors (Lipinski definition) is 0. The van der Waals surface area contributed by atoms with Crippen molar-refractivity contribution in [1.29, 1.82) is 0 Å². The number of halogens is 15. The van der Waals surface area contributed by atoms with Crippen LogP contribution >= 0.6 is 239 Å². The fourth-order valence-corrected chi connectivity index (χ4v) is 19.4. The predicted molar refractivity (Wildman–Crippen MR) is 182 cm³/mol. The van der Waals surface area contributed by atoms with E-state index < -0.39 is 21.5 Å². The Balaban J connectivity index is 6.29. The highest BCUT2D eigenvalue weighted by Crippen LogP contribution is 2.77. The second kappa shape index (κ2) is 12.8. The van der Waals surface area contributed by atoms with Gasteiger partial charge in [0.25, 0.3) is 0 Å². The molecule has 0 aliphatic heterocycles. The number of rotatable bonds is 9. The molecule has 0 amide bonds. The lowest BCUT2D eigenvalue weighted by Crippen LogP contribution is -2.69. The first-order valence-corrected chi connectivity index (χ1v) is 19.3. The van der Waals surface area contributed by atoms with E-state index in [1.54, 1.807) is 0 Å². The van der Waals surface area contributed by atoms with Gasteiger partial charge in [-0.2, -0.15) is 0 Å². The van der Waals surface area contributed by atoms with Crippen molar-refractivity contribution < 1.29 is 0 Å². The summed E-state index contributed by atoms with van der Waals surface area (Å²) in [5, 5.41) is 0. The van der Waals surface area contributed by atoms with Gasteiger partial charge in [-0.15, -0.1) is 0 Å². The molecule has 0 saturated carbocycles. The van der Waals surface area contributed by atoms with E-state index in [4.69, 9.17) is 0 Å². The third-order valence-corrected chi connectivity index (χ3v) is 29.1. The van der Waals surface area contributed by atoms with Crippen LogP contribution in [0.5, 0.6) is 0 Å². The lowest BCUT2D eigenvalue weighted by atomic mass is 10.0. The van der Waals surface area contributed by atoms with Gasteiger partial charge in [0.15, 0.2) is 4.29 Å². The minimum Gasteiger partial charge on any atom is -0.0758 e. The van der Waals surface area contributed by atoms with E-state index in [1.165, 1.54) is 19.3 Å². The number of hydrogen-bond donors (Lipinski definition) is 0. The van der Waals surface area contributed by atoms with Crippen LogP contribution in [-0.4, -0.2) is 21.5 Å². The third kappa shape index (κ3) is 7.40. The summed E-state index contributed by atoms with van der Waals surface area (Å²) in [5.41, 5.74) is 0. The maximum absolute atomic E-state index is 3.92. The van der Waals surface area contributed by atoms with Gasteiger partial charge in [0, 0.05) is 0 Å². The van der Waals surface area contributed by atoms with Crippen LogP contribution in [0.4, 0.5) is 0 Å². The molecule has 28 heavy (non-hydrogen) atoms. The quantitative estimate of drug-likeness (QED) is 0.159. The van der Waals surface area contributed by atoms with E-state index in [-0.39, 0.29) is 0 Å². The van der Waals surface area contributed by atoms with Crippen molar-refractivity contribution in [3.05, 3.63) is 0 Å². The highest BCUT2D eigenvalue weighted by molar-refractivity contribution is 9.42. The van der Waals surface area contributed by atoms with Crippen molar-refractivity contribution in [2.24, 2.45) is 0 Å². The molecule has 0 aromatic carbocycles. The third-order valence-electron chi connectivity index (χ3n) is 3.81. The van der Waals surface area contributed by atoms with Gasteiger partial charge in [-0.25, -0.2) is 0 Å². The molecular weight excluding hydrogens is 1350 g/mol. The zero-order valence-corrected chi connectivity index (χ0v) is 37.5. The maximum atomic E-state index is 3.92. The Labute approximate surface area is 293 Å². The standard InChI is InChI=1S/C13H13Br15/c1-2-3-4-5-6-7(14,15)9(17,18)11(21,22)10(19,20)8(16,12(23,24)25)13(26,27)28/h2-6H2,1H3. The lowest BCUT2D eigenvalue weighted by molar-refractivity contribution is 0.522. The van der Waals surface area contributed by atoms with Gasteiger partial charge in [0.05, 0.1) is 0 Å². The molecule has 0 aliphatic rings. The average Bonchev–Trinajstić information content (AvgIpc) is 2.47. The van der Waals surface area contributed by atoms with Crippen molar-refractivity contribution in [1.82, 2.24) is 0 Å². The summed E-state index contributed by atoms with van der Waals surface area (Å²) in [5.74, 6) is 0. The van der Waals surface area contributed by atoms with Crippen molar-refractivity contribution in [3.8, 4) is 0 Å². The fraction of sp³-hybridized carbons (Fsp3) is 1.00. The molecule has 0 bridgehead atoms. The van der Waals surface area contributed by atoms with Gasteiger partial charge < -0.3 is 0 Å². The molecule has 0 aromatic rings. The molecule has 0 nitrogen and oxygen atoms in total. The average molecular weight is 1370 g/mol. The van der Waals surface area contributed by atoms with E-state index in [0.29, 0.717) is 0 Å². The molecule has 0 spiro atoms. The normalized spacial score (nSPS) is 15.9. The van der Waals surface area contributed by atoms with Gasteiger partial charge in [0.1, 0.15) is 17.3 Å². The first kappa shape index (κ1) is 35.2. The van der Waals surface area contributed by atoms with E-state index in [1.807, 2.05) is 0 Å². The topological polar surface area (TPSA) is 0 Å². The number of alkyl halides is 15. The molecule has 0 N–H and O–H groups in total. The zero-order valence-electron chi connectivity index (χ0n) is 13.7. The fourth-order valence-electron chi connectivity index (χ4n) is 2.09. The van der Waals surface area contributed by atoms with Gasteiger partial charge in [-0.05, 0) is 6.42 Å². The van der Waals surface area contributed by atoms with Crippen LogP contribution in [0, 0.1) is 0 Å². The minimum atomic E-state index is -0.907. The molecule has 0 fully saturated rings. The largest absolute Gasteiger partial charge is 0.155 e. The molecule has 15 heteroatoms. The summed E-state index contributed by atoms with van der Waals surface area (Å²) in [7, 11) is 0. The second-order valence-corrected chi connectivity index (χ2v) is 34.7. The van der Waals surface area contributed by atoms with Crippen molar-refractivity contribution >= 4 is 239 Å². The summed E-state index contributed by atoms with van der Waals surface area (Å²) in [4.78, 5) is 0. The molecule has 0 radical (unpaired) electrons. The van der Waals surface area contributed by atoms with Gasteiger partial charge in [-0.3, -0.25) is 0 Å². The lowest BCUT2D eigenvalue weighted by Gasteiger charge is -2.58. The SMILES string of the molecule is CCCCCCC(Br)(Br)C(Br)(Br)C(Br)(Br)C(Br)(Br)C(Br)(C(Br)(Br)Br)C(Br)(Br)Br. The monoisotopic (exact) mass is 1350 g/mol. The van der Waals surface area contributed by atoms with Crippen LogP contribution in [0.2, 0.25) is 0 Å². The van der Waals surface area contributed by atoms with Crippen LogP contribution in [0.1, 0.15) is 39.0 Å². The Morgan fingerprint density at radius 3 is 1.18 bits per heavy atom. The van der Waals surface area contributed by atoms with Crippen LogP contribution in [-0.2, 0) is 0 Å². The molecule has 0 unspecified atom stereocenters. The maximum Gasteiger partial charge on any atom is 0.155 e. The van der Waals surface area contributed by atoms with E-state index >= 15 is 0 Å². The summed E-state index contributed by atoms with van der Waals surface area (Å²) in [6.45, 7) is 2.20. The van der Waals surface area contributed by atoms with E-state index in [2.05, 4.69) is 246 Å². The molecular formula is C13H13Br15. The van der Waals surface area contributed by atoms with Crippen LogP contribution in [0.25, 0.3) is 0 Å². The molecule has 0 aliphatic carbocycles. The minimum absolute atomic E-state index is 0.504. The Morgan fingerprint density at radius 1 is 0.464 bits per heavy atom. The smallest absolute Gasteiger partial charge is 0.0758 e. The Kier molecular flexibility index (Phi) is 16.1. The van der Waals surface area contributed by atoms with Crippen molar-refractivity contribution in [2.45, 2.75) is 60.6 Å². The summed E-state index contributed by atoms with van der Waals surface area (Å²) < 4.78 is -5.48. The highest BCUT2D eigenvalue weighted by atomic mass is 80.0. The Morgan fingerprint density at radius 2 is 0.857 bits per heavy atom. The molecule has 0 rings (SSSR count). The Hall–Kier alpha value is 7.20. The molecule has 0 atom stereocenters.